The van der Waals surface area contributed by atoms with Gasteiger partial charge >= 0.3 is 12.0 Å². The number of pyridine rings is 1. The van der Waals surface area contributed by atoms with Gasteiger partial charge in [-0.1, -0.05) is 11.6 Å². The highest BCUT2D eigenvalue weighted by Crippen LogP contribution is 2.31. The summed E-state index contributed by atoms with van der Waals surface area (Å²) in [6, 6.07) is 11.2. The Hall–Kier alpha value is -3.52. The molecule has 1 aliphatic rings. The van der Waals surface area contributed by atoms with Crippen LogP contribution in [-0.2, 0) is 0 Å². The number of anilines is 1. The minimum absolute atomic E-state index is 0.0565. The zero-order chi connectivity index (χ0) is 21.3. The van der Waals surface area contributed by atoms with Crippen LogP contribution in [0.4, 0.5) is 10.5 Å². The third-order valence-corrected chi connectivity index (χ3v) is 4.85. The minimum Gasteiger partial charge on any atom is -0.496 e. The first-order chi connectivity index (χ1) is 14.4. The van der Waals surface area contributed by atoms with E-state index in [4.69, 9.17) is 21.1 Å². The topological polar surface area (TPSA) is 110 Å². The van der Waals surface area contributed by atoms with Crippen molar-refractivity contribution in [1.29, 1.82) is 0 Å². The van der Waals surface area contributed by atoms with Crippen LogP contribution in [0, 0.1) is 0 Å². The summed E-state index contributed by atoms with van der Waals surface area (Å²) >= 11 is 6.26. The molecule has 2 amide bonds. The van der Waals surface area contributed by atoms with Gasteiger partial charge in [0.15, 0.2) is 0 Å². The predicted molar refractivity (Wildman–Crippen MR) is 112 cm³/mol. The van der Waals surface area contributed by atoms with Crippen LogP contribution >= 0.6 is 11.6 Å². The molecule has 0 unspecified atom stereocenters. The Balaban J connectivity index is 1.53. The molecule has 4 rings (SSSR count). The maximum absolute atomic E-state index is 11.9. The number of rotatable bonds is 6. The summed E-state index contributed by atoms with van der Waals surface area (Å²) in [6.07, 6.45) is 1.99. The molecule has 8 nitrogen and oxygen atoms in total. The predicted octanol–water partition coefficient (Wildman–Crippen LogP) is 4.67. The summed E-state index contributed by atoms with van der Waals surface area (Å²) < 4.78 is 10.9. The molecule has 2 aromatic carbocycles. The van der Waals surface area contributed by atoms with E-state index in [-0.39, 0.29) is 23.4 Å². The number of nitrogens with one attached hydrogen (secondary N) is 2. The van der Waals surface area contributed by atoms with Crippen molar-refractivity contribution < 1.29 is 24.2 Å². The van der Waals surface area contributed by atoms with Gasteiger partial charge in [-0.05, 0) is 37.1 Å². The van der Waals surface area contributed by atoms with Crippen molar-refractivity contribution in [2.24, 2.45) is 0 Å². The van der Waals surface area contributed by atoms with Crippen LogP contribution in [0.15, 0.2) is 42.5 Å². The smallest absolute Gasteiger partial charge is 0.339 e. The molecule has 0 bridgehead atoms. The Labute approximate surface area is 176 Å². The number of hydrogen-bond donors (Lipinski definition) is 3. The van der Waals surface area contributed by atoms with Gasteiger partial charge in [-0.15, -0.1) is 0 Å². The van der Waals surface area contributed by atoms with Crippen molar-refractivity contribution >= 4 is 40.2 Å². The van der Waals surface area contributed by atoms with Crippen molar-refractivity contribution in [3.63, 3.8) is 0 Å². The first-order valence-corrected chi connectivity index (χ1v) is 9.58. The fourth-order valence-corrected chi connectivity index (χ4v) is 3.10. The highest BCUT2D eigenvalue weighted by molar-refractivity contribution is 6.33. The maximum Gasteiger partial charge on any atom is 0.339 e. The number of carbonyl (C=O) groups is 2. The number of carbonyl (C=O) groups excluding carboxylic acids is 1. The molecular formula is C21H18ClN3O5. The minimum atomic E-state index is -1.08. The summed E-state index contributed by atoms with van der Waals surface area (Å²) in [4.78, 5) is 27.6. The van der Waals surface area contributed by atoms with Crippen LogP contribution in [0.3, 0.4) is 0 Å². The molecule has 0 saturated heterocycles. The summed E-state index contributed by atoms with van der Waals surface area (Å²) in [5.74, 6) is -0.129. The average Bonchev–Trinajstić information content (AvgIpc) is 3.52. The van der Waals surface area contributed by atoms with Crippen molar-refractivity contribution in [2.75, 3.05) is 12.4 Å². The van der Waals surface area contributed by atoms with Gasteiger partial charge in [0, 0.05) is 29.6 Å². The van der Waals surface area contributed by atoms with Crippen LogP contribution in [0.5, 0.6) is 17.4 Å². The third-order valence-electron chi connectivity index (χ3n) is 4.54. The number of carboxylic acids is 1. The second-order valence-corrected chi connectivity index (χ2v) is 7.22. The number of hydrogen-bond acceptors (Lipinski definition) is 5. The molecular weight excluding hydrogens is 410 g/mol. The molecule has 30 heavy (non-hydrogen) atoms. The number of urea groups is 1. The second kappa shape index (κ2) is 8.08. The van der Waals surface area contributed by atoms with Gasteiger partial charge in [-0.25, -0.2) is 14.6 Å². The quantitative estimate of drug-likeness (QED) is 0.527. The van der Waals surface area contributed by atoms with Crippen molar-refractivity contribution in [1.82, 2.24) is 10.3 Å². The number of amides is 2. The molecule has 1 fully saturated rings. The van der Waals surface area contributed by atoms with Gasteiger partial charge in [0.05, 0.1) is 23.3 Å². The number of benzene rings is 2. The van der Waals surface area contributed by atoms with Gasteiger partial charge in [-0.2, -0.15) is 0 Å². The number of aromatic nitrogens is 1. The normalized spacial score (nSPS) is 13.0. The zero-order valence-corrected chi connectivity index (χ0v) is 16.7. The van der Waals surface area contributed by atoms with E-state index in [0.717, 1.165) is 12.8 Å². The van der Waals surface area contributed by atoms with Gasteiger partial charge in [-0.3, -0.25) is 0 Å². The van der Waals surface area contributed by atoms with Crippen LogP contribution in [0.25, 0.3) is 10.9 Å². The zero-order valence-electron chi connectivity index (χ0n) is 15.9. The lowest BCUT2D eigenvalue weighted by atomic mass is 10.1. The SMILES string of the molecule is COc1cc2nc(Oc3ccc(NC(=O)NC4CC4)c(Cl)c3)ccc2cc1C(=O)O. The third kappa shape index (κ3) is 4.38. The molecule has 3 N–H and O–H groups in total. The first-order valence-electron chi connectivity index (χ1n) is 9.20. The van der Waals surface area contributed by atoms with Crippen molar-refractivity contribution in [3.8, 4) is 17.4 Å². The molecule has 0 spiro atoms. The van der Waals surface area contributed by atoms with E-state index in [2.05, 4.69) is 15.6 Å². The molecule has 1 aliphatic carbocycles. The second-order valence-electron chi connectivity index (χ2n) is 6.82. The number of methoxy groups -OCH3 is 1. The highest BCUT2D eigenvalue weighted by Gasteiger charge is 2.23. The van der Waals surface area contributed by atoms with Crippen molar-refractivity contribution in [2.45, 2.75) is 18.9 Å². The Morgan fingerprint density at radius 2 is 1.97 bits per heavy atom. The van der Waals surface area contributed by atoms with E-state index >= 15 is 0 Å². The largest absolute Gasteiger partial charge is 0.496 e. The van der Waals surface area contributed by atoms with E-state index in [9.17, 15) is 14.7 Å². The fraction of sp³-hybridized carbons (Fsp3) is 0.190. The Bertz CT molecular complexity index is 1150. The maximum atomic E-state index is 11.9. The average molecular weight is 428 g/mol. The lowest BCUT2D eigenvalue weighted by Gasteiger charge is -2.11. The van der Waals surface area contributed by atoms with E-state index in [1.54, 1.807) is 36.4 Å². The van der Waals surface area contributed by atoms with Gasteiger partial charge in [0.1, 0.15) is 17.1 Å². The molecule has 0 radical (unpaired) electrons. The number of ether oxygens (including phenoxy) is 2. The lowest BCUT2D eigenvalue weighted by Crippen LogP contribution is -2.30. The first kappa shape index (κ1) is 19.8. The molecule has 154 valence electrons. The Kier molecular flexibility index (Phi) is 5.33. The number of fused-ring (bicyclic) bond motifs is 1. The Morgan fingerprint density at radius 3 is 2.63 bits per heavy atom. The summed E-state index contributed by atoms with van der Waals surface area (Å²) in [5, 5.41) is 15.8. The van der Waals surface area contributed by atoms with Gasteiger partial charge < -0.3 is 25.2 Å². The molecule has 1 heterocycles. The molecule has 1 aromatic heterocycles. The fourth-order valence-electron chi connectivity index (χ4n) is 2.88. The van der Waals surface area contributed by atoms with E-state index in [1.165, 1.54) is 13.2 Å². The highest BCUT2D eigenvalue weighted by atomic mass is 35.5. The standard InChI is InChI=1S/C21H18ClN3O5/c1-29-18-10-17-11(8-14(18)20(26)27)2-7-19(24-17)30-13-5-6-16(15(22)9-13)25-21(28)23-12-3-4-12/h2,5-10,12H,3-4H2,1H3,(H,26,27)(H2,23,25,28). The van der Waals surface area contributed by atoms with E-state index in [1.807, 2.05) is 0 Å². The van der Waals surface area contributed by atoms with Crippen LogP contribution in [0.1, 0.15) is 23.2 Å². The van der Waals surface area contributed by atoms with Gasteiger partial charge in [0.25, 0.3) is 0 Å². The number of halogens is 1. The van der Waals surface area contributed by atoms with Gasteiger partial charge in [0.2, 0.25) is 5.88 Å². The lowest BCUT2D eigenvalue weighted by molar-refractivity contribution is 0.0693. The van der Waals surface area contributed by atoms with Crippen LogP contribution in [-0.4, -0.2) is 35.2 Å². The Morgan fingerprint density at radius 1 is 1.17 bits per heavy atom. The van der Waals surface area contributed by atoms with Crippen LogP contribution < -0.4 is 20.1 Å². The van der Waals surface area contributed by atoms with Crippen LogP contribution in [0.2, 0.25) is 5.02 Å². The number of nitrogens with zero attached hydrogens (tertiary/aromatic N) is 1. The summed E-state index contributed by atoms with van der Waals surface area (Å²) in [6.45, 7) is 0. The summed E-state index contributed by atoms with van der Waals surface area (Å²) in [5.41, 5.74) is 1.05. The molecule has 0 atom stereocenters. The van der Waals surface area contributed by atoms with E-state index in [0.29, 0.717) is 33.2 Å². The van der Waals surface area contributed by atoms with Crippen molar-refractivity contribution in [3.05, 3.63) is 53.1 Å². The molecule has 9 heteroatoms. The number of carboxylic acid groups (broad SMARTS) is 1. The summed E-state index contributed by atoms with van der Waals surface area (Å²) in [7, 11) is 1.40. The monoisotopic (exact) mass is 427 g/mol. The number of aromatic carboxylic acids is 1. The molecule has 3 aromatic rings. The van der Waals surface area contributed by atoms with E-state index < -0.39 is 5.97 Å². The molecule has 0 aliphatic heterocycles. The molecule has 1 saturated carbocycles.